The van der Waals surface area contributed by atoms with E-state index in [1.807, 2.05) is 12.1 Å². The Kier molecular flexibility index (Phi) is 4.63. The van der Waals surface area contributed by atoms with Crippen LogP contribution in [0.1, 0.15) is 26.3 Å². The summed E-state index contributed by atoms with van der Waals surface area (Å²) < 4.78 is 0. The van der Waals surface area contributed by atoms with Crippen molar-refractivity contribution >= 4 is 0 Å². The van der Waals surface area contributed by atoms with E-state index in [0.29, 0.717) is 17.6 Å². The number of hydrogen-bond donors (Lipinski definition) is 2. The van der Waals surface area contributed by atoms with E-state index >= 15 is 0 Å². The highest BCUT2D eigenvalue weighted by Crippen LogP contribution is 2.11. The summed E-state index contributed by atoms with van der Waals surface area (Å²) in [5.74, 6) is 1.73. The Bertz CT molecular complexity index is 296. The van der Waals surface area contributed by atoms with Crippen LogP contribution in [0.3, 0.4) is 0 Å². The van der Waals surface area contributed by atoms with Gasteiger partial charge in [-0.1, -0.05) is 32.9 Å². The van der Waals surface area contributed by atoms with Crippen LogP contribution >= 0.6 is 0 Å². The first-order chi connectivity index (χ1) is 7.09. The maximum atomic E-state index is 9.28. The van der Waals surface area contributed by atoms with Crippen molar-refractivity contribution in [3.05, 3.63) is 29.8 Å². The summed E-state index contributed by atoms with van der Waals surface area (Å²) in [6.45, 7) is 8.57. The Morgan fingerprint density at radius 1 is 1.27 bits per heavy atom. The van der Waals surface area contributed by atoms with Crippen LogP contribution in [0.25, 0.3) is 0 Å². The smallest absolute Gasteiger partial charge is 0.115 e. The van der Waals surface area contributed by atoms with Crippen molar-refractivity contribution in [3.8, 4) is 5.75 Å². The van der Waals surface area contributed by atoms with Crippen LogP contribution in [-0.2, 0) is 6.54 Å². The molecular formula is C13H21NO. The highest BCUT2D eigenvalue weighted by Gasteiger charge is 2.05. The van der Waals surface area contributed by atoms with Gasteiger partial charge >= 0.3 is 0 Å². The van der Waals surface area contributed by atoms with Crippen LogP contribution < -0.4 is 5.32 Å². The number of hydrogen-bond acceptors (Lipinski definition) is 2. The maximum absolute atomic E-state index is 9.28. The summed E-state index contributed by atoms with van der Waals surface area (Å²) in [7, 11) is 0. The lowest BCUT2D eigenvalue weighted by Gasteiger charge is -2.16. The Balaban J connectivity index is 2.32. The van der Waals surface area contributed by atoms with Gasteiger partial charge in [-0.2, -0.15) is 0 Å². The molecule has 0 aromatic heterocycles. The lowest BCUT2D eigenvalue weighted by molar-refractivity contribution is 0.392. The Hall–Kier alpha value is -1.02. The van der Waals surface area contributed by atoms with E-state index in [9.17, 15) is 5.11 Å². The molecule has 2 nitrogen and oxygen atoms in total. The van der Waals surface area contributed by atoms with Gasteiger partial charge in [-0.25, -0.2) is 0 Å². The van der Waals surface area contributed by atoms with Crippen LogP contribution in [0.2, 0.25) is 0 Å². The fourth-order valence-electron chi connectivity index (χ4n) is 1.35. The second-order valence-corrected chi connectivity index (χ2v) is 4.52. The summed E-state index contributed by atoms with van der Waals surface area (Å²) in [6.07, 6.45) is 0. The molecule has 0 amide bonds. The third-order valence-electron chi connectivity index (χ3n) is 2.84. The third-order valence-corrected chi connectivity index (χ3v) is 2.84. The van der Waals surface area contributed by atoms with E-state index in [2.05, 4.69) is 26.1 Å². The van der Waals surface area contributed by atoms with Gasteiger partial charge < -0.3 is 10.4 Å². The number of phenolic OH excluding ortho intramolecular Hbond substituents is 1. The lowest BCUT2D eigenvalue weighted by atomic mass is 9.98. The second-order valence-electron chi connectivity index (χ2n) is 4.52. The summed E-state index contributed by atoms with van der Waals surface area (Å²) in [5, 5.41) is 12.7. The molecule has 0 aliphatic rings. The predicted molar refractivity (Wildman–Crippen MR) is 63.8 cm³/mol. The number of benzene rings is 1. The molecule has 84 valence electrons. The van der Waals surface area contributed by atoms with Gasteiger partial charge in [-0.3, -0.25) is 0 Å². The molecule has 0 radical (unpaired) electrons. The molecular weight excluding hydrogens is 186 g/mol. The molecule has 2 heteroatoms. The highest BCUT2D eigenvalue weighted by atomic mass is 16.3. The molecule has 0 spiro atoms. The predicted octanol–water partition coefficient (Wildman–Crippen LogP) is 2.77. The second kappa shape index (κ2) is 5.76. The summed E-state index contributed by atoms with van der Waals surface area (Å²) >= 11 is 0. The fraction of sp³-hybridized carbons (Fsp3) is 0.538. The molecule has 1 aromatic rings. The molecule has 0 saturated heterocycles. The van der Waals surface area contributed by atoms with Crippen molar-refractivity contribution in [2.45, 2.75) is 27.3 Å². The minimum atomic E-state index is 0.339. The first-order valence-electron chi connectivity index (χ1n) is 5.58. The SMILES string of the molecule is CC(C)[C@H](C)CNCc1cccc(O)c1. The average Bonchev–Trinajstić information content (AvgIpc) is 2.17. The van der Waals surface area contributed by atoms with E-state index in [4.69, 9.17) is 0 Å². The summed E-state index contributed by atoms with van der Waals surface area (Å²) in [6, 6.07) is 7.39. The number of aromatic hydroxyl groups is 1. The lowest BCUT2D eigenvalue weighted by Crippen LogP contribution is -2.23. The van der Waals surface area contributed by atoms with Gasteiger partial charge in [0.15, 0.2) is 0 Å². The van der Waals surface area contributed by atoms with Gasteiger partial charge in [0.25, 0.3) is 0 Å². The minimum Gasteiger partial charge on any atom is -0.508 e. The van der Waals surface area contributed by atoms with Gasteiger partial charge in [0, 0.05) is 6.54 Å². The summed E-state index contributed by atoms with van der Waals surface area (Å²) in [5.41, 5.74) is 1.13. The molecule has 0 aliphatic heterocycles. The molecule has 0 saturated carbocycles. The Morgan fingerprint density at radius 3 is 2.60 bits per heavy atom. The molecule has 0 aliphatic carbocycles. The van der Waals surface area contributed by atoms with Crippen molar-refractivity contribution in [1.82, 2.24) is 5.32 Å². The number of nitrogens with one attached hydrogen (secondary N) is 1. The van der Waals surface area contributed by atoms with Crippen LogP contribution in [-0.4, -0.2) is 11.7 Å². The van der Waals surface area contributed by atoms with Gasteiger partial charge in [0.2, 0.25) is 0 Å². The zero-order valence-electron chi connectivity index (χ0n) is 9.83. The van der Waals surface area contributed by atoms with Crippen LogP contribution in [0, 0.1) is 11.8 Å². The van der Waals surface area contributed by atoms with E-state index in [0.717, 1.165) is 18.7 Å². The number of phenols is 1. The standard InChI is InChI=1S/C13H21NO/c1-10(2)11(3)8-14-9-12-5-4-6-13(15)7-12/h4-7,10-11,14-15H,8-9H2,1-3H3/t11-/m1/s1. The highest BCUT2D eigenvalue weighted by molar-refractivity contribution is 5.26. The molecule has 1 aromatic carbocycles. The Morgan fingerprint density at radius 2 is 2.00 bits per heavy atom. The van der Waals surface area contributed by atoms with Crippen molar-refractivity contribution < 1.29 is 5.11 Å². The quantitative estimate of drug-likeness (QED) is 0.778. The van der Waals surface area contributed by atoms with Crippen LogP contribution in [0.15, 0.2) is 24.3 Å². The molecule has 0 fully saturated rings. The normalized spacial score (nSPS) is 13.1. The maximum Gasteiger partial charge on any atom is 0.115 e. The first-order valence-corrected chi connectivity index (χ1v) is 5.58. The molecule has 0 unspecified atom stereocenters. The van der Waals surface area contributed by atoms with E-state index in [1.165, 1.54) is 0 Å². The van der Waals surface area contributed by atoms with Crippen molar-refractivity contribution in [2.75, 3.05) is 6.54 Å². The summed E-state index contributed by atoms with van der Waals surface area (Å²) in [4.78, 5) is 0. The molecule has 1 atom stereocenters. The van der Waals surface area contributed by atoms with Gasteiger partial charge in [-0.05, 0) is 36.1 Å². The topological polar surface area (TPSA) is 32.3 Å². The van der Waals surface area contributed by atoms with Crippen molar-refractivity contribution in [1.29, 1.82) is 0 Å². The van der Waals surface area contributed by atoms with E-state index in [1.54, 1.807) is 12.1 Å². The largest absolute Gasteiger partial charge is 0.508 e. The average molecular weight is 207 g/mol. The van der Waals surface area contributed by atoms with Crippen molar-refractivity contribution in [2.24, 2.45) is 11.8 Å². The third kappa shape index (κ3) is 4.34. The first kappa shape index (κ1) is 12.1. The Labute approximate surface area is 92.3 Å². The van der Waals surface area contributed by atoms with Gasteiger partial charge in [0.1, 0.15) is 5.75 Å². The van der Waals surface area contributed by atoms with Gasteiger partial charge in [-0.15, -0.1) is 0 Å². The molecule has 15 heavy (non-hydrogen) atoms. The van der Waals surface area contributed by atoms with E-state index < -0.39 is 0 Å². The zero-order valence-corrected chi connectivity index (χ0v) is 9.83. The van der Waals surface area contributed by atoms with E-state index in [-0.39, 0.29) is 0 Å². The molecule has 0 bridgehead atoms. The van der Waals surface area contributed by atoms with Gasteiger partial charge in [0.05, 0.1) is 0 Å². The van der Waals surface area contributed by atoms with Crippen LogP contribution in [0.5, 0.6) is 5.75 Å². The molecule has 1 rings (SSSR count). The van der Waals surface area contributed by atoms with Crippen LogP contribution in [0.4, 0.5) is 0 Å². The zero-order chi connectivity index (χ0) is 11.3. The minimum absolute atomic E-state index is 0.339. The monoisotopic (exact) mass is 207 g/mol. The number of rotatable bonds is 5. The van der Waals surface area contributed by atoms with Crippen molar-refractivity contribution in [3.63, 3.8) is 0 Å². The molecule has 2 N–H and O–H groups in total. The molecule has 0 heterocycles. The fourth-order valence-corrected chi connectivity index (χ4v) is 1.35.